The molecular weight excluding hydrogens is 182 g/mol. The van der Waals surface area contributed by atoms with Gasteiger partial charge in [0.1, 0.15) is 10.0 Å². The Hall–Kier alpha value is -0.480. The van der Waals surface area contributed by atoms with Gasteiger partial charge in [0.2, 0.25) is 0 Å². The highest BCUT2D eigenvalue weighted by Crippen LogP contribution is 2.28. The second-order valence-corrected chi connectivity index (χ2v) is 5.00. The summed E-state index contributed by atoms with van der Waals surface area (Å²) < 4.78 is 0. The Bertz CT molecular complexity index is 260. The van der Waals surface area contributed by atoms with Gasteiger partial charge >= 0.3 is 0 Å². The summed E-state index contributed by atoms with van der Waals surface area (Å²) in [7, 11) is 0. The molecule has 74 valence electrons. The molecule has 0 aliphatic heterocycles. The van der Waals surface area contributed by atoms with E-state index in [4.69, 9.17) is 5.73 Å². The third-order valence-electron chi connectivity index (χ3n) is 2.11. The van der Waals surface area contributed by atoms with Gasteiger partial charge in [-0.25, -0.2) is 0 Å². The van der Waals surface area contributed by atoms with Crippen LogP contribution in [0.5, 0.6) is 0 Å². The topological polar surface area (TPSA) is 51.8 Å². The molecular formula is C9H17N3S. The normalized spacial score (nSPS) is 16.2. The Labute approximate surface area is 83.4 Å². The van der Waals surface area contributed by atoms with E-state index >= 15 is 0 Å². The van der Waals surface area contributed by atoms with Crippen molar-refractivity contribution in [3.05, 3.63) is 10.0 Å². The third kappa shape index (κ3) is 2.48. The quantitative estimate of drug-likeness (QED) is 0.809. The standard InChI is InChI=1S/C9H17N3S/c1-5(2)8(6(3)10)9-12-11-7(4)13-9/h5-6,8H,10H2,1-4H3. The maximum absolute atomic E-state index is 5.92. The molecule has 0 saturated heterocycles. The van der Waals surface area contributed by atoms with Gasteiger partial charge in [-0.05, 0) is 19.8 Å². The number of rotatable bonds is 3. The van der Waals surface area contributed by atoms with Crippen molar-refractivity contribution in [2.45, 2.75) is 39.7 Å². The highest BCUT2D eigenvalue weighted by Gasteiger charge is 2.23. The van der Waals surface area contributed by atoms with Crippen LogP contribution in [0.4, 0.5) is 0 Å². The molecule has 0 aromatic carbocycles. The van der Waals surface area contributed by atoms with Crippen molar-refractivity contribution in [3.8, 4) is 0 Å². The first-order valence-electron chi connectivity index (χ1n) is 4.58. The minimum absolute atomic E-state index is 0.146. The average Bonchev–Trinajstić information content (AvgIpc) is 2.34. The maximum atomic E-state index is 5.92. The smallest absolute Gasteiger partial charge is 0.122 e. The van der Waals surface area contributed by atoms with E-state index in [1.165, 1.54) is 0 Å². The first-order chi connectivity index (χ1) is 6.02. The van der Waals surface area contributed by atoms with Crippen LogP contribution in [0.3, 0.4) is 0 Å². The fourth-order valence-corrected chi connectivity index (χ4v) is 2.65. The molecule has 0 aliphatic carbocycles. The molecule has 4 heteroatoms. The fraction of sp³-hybridized carbons (Fsp3) is 0.778. The van der Waals surface area contributed by atoms with Gasteiger partial charge in [0.25, 0.3) is 0 Å². The lowest BCUT2D eigenvalue weighted by atomic mass is 9.90. The summed E-state index contributed by atoms with van der Waals surface area (Å²) in [6, 6.07) is 0.146. The van der Waals surface area contributed by atoms with Crippen LogP contribution in [-0.2, 0) is 0 Å². The summed E-state index contributed by atoms with van der Waals surface area (Å²) in [5.41, 5.74) is 5.92. The largest absolute Gasteiger partial charge is 0.327 e. The molecule has 2 N–H and O–H groups in total. The lowest BCUT2D eigenvalue weighted by Crippen LogP contribution is -2.28. The lowest BCUT2D eigenvalue weighted by Gasteiger charge is -2.21. The zero-order chi connectivity index (χ0) is 10.0. The van der Waals surface area contributed by atoms with Crippen molar-refractivity contribution in [1.29, 1.82) is 0 Å². The molecule has 3 nitrogen and oxygen atoms in total. The maximum Gasteiger partial charge on any atom is 0.122 e. The van der Waals surface area contributed by atoms with Crippen LogP contribution in [0.15, 0.2) is 0 Å². The second kappa shape index (κ2) is 4.15. The molecule has 1 aromatic heterocycles. The molecule has 0 amide bonds. The molecule has 13 heavy (non-hydrogen) atoms. The van der Waals surface area contributed by atoms with Crippen molar-refractivity contribution < 1.29 is 0 Å². The van der Waals surface area contributed by atoms with Gasteiger partial charge in [0.05, 0.1) is 0 Å². The number of hydrogen-bond donors (Lipinski definition) is 1. The van der Waals surface area contributed by atoms with E-state index in [1.54, 1.807) is 11.3 Å². The van der Waals surface area contributed by atoms with Gasteiger partial charge in [0.15, 0.2) is 0 Å². The summed E-state index contributed by atoms with van der Waals surface area (Å²) in [4.78, 5) is 0. The predicted molar refractivity (Wildman–Crippen MR) is 55.9 cm³/mol. The van der Waals surface area contributed by atoms with Crippen molar-refractivity contribution in [1.82, 2.24) is 10.2 Å². The summed E-state index contributed by atoms with van der Waals surface area (Å²) in [5, 5.41) is 10.2. The molecule has 0 fully saturated rings. The van der Waals surface area contributed by atoms with E-state index in [0.717, 1.165) is 10.0 Å². The van der Waals surface area contributed by atoms with Gasteiger partial charge in [0, 0.05) is 12.0 Å². The Kier molecular flexibility index (Phi) is 3.39. The van der Waals surface area contributed by atoms with Crippen LogP contribution in [0.1, 0.15) is 36.7 Å². The Morgan fingerprint density at radius 1 is 1.23 bits per heavy atom. The summed E-state index contributed by atoms with van der Waals surface area (Å²) >= 11 is 1.65. The monoisotopic (exact) mass is 199 g/mol. The molecule has 0 aliphatic rings. The van der Waals surface area contributed by atoms with E-state index in [2.05, 4.69) is 24.0 Å². The van der Waals surface area contributed by atoms with E-state index < -0.39 is 0 Å². The number of hydrogen-bond acceptors (Lipinski definition) is 4. The minimum atomic E-state index is 0.146. The SMILES string of the molecule is Cc1nnc(C(C(C)C)C(C)N)s1. The van der Waals surface area contributed by atoms with Gasteiger partial charge in [-0.15, -0.1) is 21.5 Å². The molecule has 1 aromatic rings. The number of nitrogens with two attached hydrogens (primary N) is 1. The minimum Gasteiger partial charge on any atom is -0.327 e. The van der Waals surface area contributed by atoms with Crippen LogP contribution in [0, 0.1) is 12.8 Å². The van der Waals surface area contributed by atoms with Crippen LogP contribution < -0.4 is 5.73 Å². The highest BCUT2D eigenvalue weighted by atomic mass is 32.1. The summed E-state index contributed by atoms with van der Waals surface area (Å²) in [6.45, 7) is 8.34. The first kappa shape index (κ1) is 10.6. The van der Waals surface area contributed by atoms with E-state index in [1.807, 2.05) is 13.8 Å². The second-order valence-electron chi connectivity index (χ2n) is 3.79. The Morgan fingerprint density at radius 2 is 1.85 bits per heavy atom. The van der Waals surface area contributed by atoms with Crippen molar-refractivity contribution >= 4 is 11.3 Å². The first-order valence-corrected chi connectivity index (χ1v) is 5.39. The van der Waals surface area contributed by atoms with Crippen LogP contribution in [0.2, 0.25) is 0 Å². The fourth-order valence-electron chi connectivity index (χ4n) is 1.56. The number of nitrogens with zero attached hydrogens (tertiary/aromatic N) is 2. The van der Waals surface area contributed by atoms with Crippen LogP contribution >= 0.6 is 11.3 Å². The highest BCUT2D eigenvalue weighted by molar-refractivity contribution is 7.11. The van der Waals surface area contributed by atoms with E-state index in [9.17, 15) is 0 Å². The number of aryl methyl sites for hydroxylation is 1. The van der Waals surface area contributed by atoms with Crippen molar-refractivity contribution in [3.63, 3.8) is 0 Å². The molecule has 2 atom stereocenters. The summed E-state index contributed by atoms with van der Waals surface area (Å²) in [6.07, 6.45) is 0. The molecule has 0 bridgehead atoms. The lowest BCUT2D eigenvalue weighted by molar-refractivity contribution is 0.432. The molecule has 0 saturated carbocycles. The molecule has 1 rings (SSSR count). The predicted octanol–water partition coefficient (Wildman–Crippen LogP) is 1.93. The van der Waals surface area contributed by atoms with Crippen molar-refractivity contribution in [2.75, 3.05) is 0 Å². The van der Waals surface area contributed by atoms with Crippen LogP contribution in [0.25, 0.3) is 0 Å². The van der Waals surface area contributed by atoms with Gasteiger partial charge in [-0.1, -0.05) is 13.8 Å². The molecule has 0 radical (unpaired) electrons. The molecule has 2 unspecified atom stereocenters. The summed E-state index contributed by atoms with van der Waals surface area (Å²) in [5.74, 6) is 0.860. The Balaban J connectivity index is 2.88. The van der Waals surface area contributed by atoms with E-state index in [-0.39, 0.29) is 6.04 Å². The van der Waals surface area contributed by atoms with Gasteiger partial charge < -0.3 is 5.73 Å². The average molecular weight is 199 g/mol. The van der Waals surface area contributed by atoms with Gasteiger partial charge in [-0.3, -0.25) is 0 Å². The third-order valence-corrected chi connectivity index (χ3v) is 3.05. The van der Waals surface area contributed by atoms with Crippen molar-refractivity contribution in [2.24, 2.45) is 11.7 Å². The number of aromatic nitrogens is 2. The zero-order valence-corrected chi connectivity index (χ0v) is 9.43. The van der Waals surface area contributed by atoms with E-state index in [0.29, 0.717) is 11.8 Å². The zero-order valence-electron chi connectivity index (χ0n) is 8.61. The molecule has 1 heterocycles. The molecule has 0 spiro atoms. The van der Waals surface area contributed by atoms with Crippen LogP contribution in [-0.4, -0.2) is 16.2 Å². The Morgan fingerprint density at radius 3 is 2.15 bits per heavy atom. The van der Waals surface area contributed by atoms with Gasteiger partial charge in [-0.2, -0.15) is 0 Å².